The van der Waals surface area contributed by atoms with E-state index in [9.17, 15) is 5.11 Å². The number of ether oxygens (including phenoxy) is 1. The smallest absolute Gasteiger partial charge is 0.138 e. The molecule has 0 radical (unpaired) electrons. The summed E-state index contributed by atoms with van der Waals surface area (Å²) in [5, 5.41) is 11.0. The number of hydrogen-bond acceptors (Lipinski definition) is 4. The molecule has 3 rings (SSSR count). The quantitative estimate of drug-likeness (QED) is 0.858. The van der Waals surface area contributed by atoms with Crippen molar-refractivity contribution >= 4 is 11.6 Å². The van der Waals surface area contributed by atoms with Gasteiger partial charge < -0.3 is 14.7 Å². The van der Waals surface area contributed by atoms with Gasteiger partial charge in [0.2, 0.25) is 0 Å². The van der Waals surface area contributed by atoms with E-state index in [1.54, 1.807) is 6.07 Å². The van der Waals surface area contributed by atoms with Crippen LogP contribution in [0.25, 0.3) is 0 Å². The van der Waals surface area contributed by atoms with Crippen LogP contribution in [0.5, 0.6) is 5.75 Å². The first kappa shape index (κ1) is 18.2. The molecular formula is C20H25ClN2O2. The minimum Gasteiger partial charge on any atom is -0.489 e. The monoisotopic (exact) mass is 360 g/mol. The number of halogens is 1. The van der Waals surface area contributed by atoms with Crippen LogP contribution in [0.2, 0.25) is 5.02 Å². The van der Waals surface area contributed by atoms with Crippen molar-refractivity contribution in [3.63, 3.8) is 0 Å². The van der Waals surface area contributed by atoms with E-state index in [0.29, 0.717) is 17.3 Å². The van der Waals surface area contributed by atoms with E-state index in [4.69, 9.17) is 16.3 Å². The van der Waals surface area contributed by atoms with Crippen LogP contribution in [0, 0.1) is 0 Å². The Morgan fingerprint density at radius 3 is 2.60 bits per heavy atom. The molecule has 0 bridgehead atoms. The summed E-state index contributed by atoms with van der Waals surface area (Å²) in [5.41, 5.74) is 1.29. The Morgan fingerprint density at radius 2 is 1.84 bits per heavy atom. The predicted octanol–water partition coefficient (Wildman–Crippen LogP) is 3.07. The van der Waals surface area contributed by atoms with E-state index >= 15 is 0 Å². The number of aliphatic hydroxyl groups is 1. The molecule has 1 aliphatic rings. The lowest BCUT2D eigenvalue weighted by Crippen LogP contribution is -2.49. The van der Waals surface area contributed by atoms with Crippen molar-refractivity contribution in [2.24, 2.45) is 0 Å². The summed E-state index contributed by atoms with van der Waals surface area (Å²) in [7, 11) is 2.14. The molecule has 0 aliphatic carbocycles. The highest BCUT2D eigenvalue weighted by Gasteiger charge is 2.28. The van der Waals surface area contributed by atoms with Crippen LogP contribution < -0.4 is 4.74 Å². The van der Waals surface area contributed by atoms with Gasteiger partial charge in [0.05, 0.1) is 5.02 Å². The molecule has 0 spiro atoms. The molecule has 25 heavy (non-hydrogen) atoms. The fraction of sp³-hybridized carbons (Fsp3) is 0.400. The summed E-state index contributed by atoms with van der Waals surface area (Å²) in [6.45, 7) is 3.71. The zero-order chi connectivity index (χ0) is 17.6. The molecule has 1 N–H and O–H groups in total. The lowest BCUT2D eigenvalue weighted by atomic mass is 10.0. The van der Waals surface area contributed by atoms with Crippen molar-refractivity contribution in [3.8, 4) is 5.75 Å². The second kappa shape index (κ2) is 8.68. The van der Waals surface area contributed by atoms with E-state index in [1.807, 2.05) is 24.3 Å². The van der Waals surface area contributed by atoms with Gasteiger partial charge in [-0.2, -0.15) is 0 Å². The maximum absolute atomic E-state index is 10.5. The summed E-state index contributed by atoms with van der Waals surface area (Å²) in [6.07, 6.45) is -0.564. The zero-order valence-corrected chi connectivity index (χ0v) is 15.3. The van der Waals surface area contributed by atoms with Crippen LogP contribution in [0.3, 0.4) is 0 Å². The summed E-state index contributed by atoms with van der Waals surface area (Å²) < 4.78 is 5.68. The van der Waals surface area contributed by atoms with Crippen LogP contribution in [0.1, 0.15) is 11.6 Å². The van der Waals surface area contributed by atoms with Gasteiger partial charge in [-0.25, -0.2) is 0 Å². The summed E-state index contributed by atoms with van der Waals surface area (Å²) in [5.74, 6) is 0.612. The normalized spacial score (nSPS) is 20.4. The highest BCUT2D eigenvalue weighted by molar-refractivity contribution is 6.32. The molecular weight excluding hydrogens is 336 g/mol. The van der Waals surface area contributed by atoms with Crippen LogP contribution in [0.15, 0.2) is 54.6 Å². The number of para-hydroxylation sites is 1. The molecule has 0 amide bonds. The lowest BCUT2D eigenvalue weighted by Gasteiger charge is -2.41. The molecule has 0 saturated carbocycles. The highest BCUT2D eigenvalue weighted by Crippen LogP contribution is 2.26. The maximum Gasteiger partial charge on any atom is 0.138 e. The van der Waals surface area contributed by atoms with Gasteiger partial charge in [-0.3, -0.25) is 4.90 Å². The van der Waals surface area contributed by atoms with E-state index in [0.717, 1.165) is 19.6 Å². The number of hydrogen-bond donors (Lipinski definition) is 1. The third-order valence-electron chi connectivity index (χ3n) is 4.59. The molecule has 2 aromatic rings. The molecule has 2 aromatic carbocycles. The molecule has 2 atom stereocenters. The van der Waals surface area contributed by atoms with E-state index in [1.165, 1.54) is 5.56 Å². The first-order chi connectivity index (χ1) is 12.1. The molecule has 2 unspecified atom stereocenters. The van der Waals surface area contributed by atoms with Gasteiger partial charge >= 0.3 is 0 Å². The number of piperazine rings is 1. The Labute approximate surface area is 154 Å². The van der Waals surface area contributed by atoms with Crippen LogP contribution in [-0.4, -0.2) is 60.8 Å². The van der Waals surface area contributed by atoms with Gasteiger partial charge in [-0.15, -0.1) is 0 Å². The fourth-order valence-corrected chi connectivity index (χ4v) is 3.43. The number of rotatable bonds is 6. The van der Waals surface area contributed by atoms with E-state index in [2.05, 4.69) is 41.1 Å². The number of nitrogens with zero attached hydrogens (tertiary/aromatic N) is 2. The Kier molecular flexibility index (Phi) is 6.32. The second-order valence-electron chi connectivity index (χ2n) is 6.58. The van der Waals surface area contributed by atoms with Gasteiger partial charge in [-0.05, 0) is 24.7 Å². The van der Waals surface area contributed by atoms with Crippen molar-refractivity contribution in [1.82, 2.24) is 9.80 Å². The topological polar surface area (TPSA) is 35.9 Å². The first-order valence-electron chi connectivity index (χ1n) is 8.66. The molecule has 1 fully saturated rings. The minimum atomic E-state index is -0.564. The Balaban J connectivity index is 1.60. The maximum atomic E-state index is 10.5. The Hall–Kier alpha value is -1.59. The number of likely N-dealkylation sites (N-methyl/N-ethyl adjacent to an activating group) is 1. The lowest BCUT2D eigenvalue weighted by molar-refractivity contribution is 0.0217. The molecule has 1 saturated heterocycles. The molecule has 134 valence electrons. The molecule has 1 heterocycles. The molecule has 0 aromatic heterocycles. The van der Waals surface area contributed by atoms with E-state index < -0.39 is 6.10 Å². The average molecular weight is 361 g/mol. The van der Waals surface area contributed by atoms with Crippen LogP contribution in [-0.2, 0) is 0 Å². The predicted molar refractivity (Wildman–Crippen MR) is 101 cm³/mol. The number of aliphatic hydroxyl groups excluding tert-OH is 1. The van der Waals surface area contributed by atoms with Crippen molar-refractivity contribution in [2.45, 2.75) is 12.1 Å². The van der Waals surface area contributed by atoms with Crippen molar-refractivity contribution in [1.29, 1.82) is 0 Å². The van der Waals surface area contributed by atoms with Gasteiger partial charge in [0.15, 0.2) is 0 Å². The van der Waals surface area contributed by atoms with Gasteiger partial charge in [0, 0.05) is 32.2 Å². The SMILES string of the molecule is CN1CCN(CC(O)COc2ccccc2Cl)C(c2ccccc2)C1. The summed E-state index contributed by atoms with van der Waals surface area (Å²) >= 11 is 6.10. The van der Waals surface area contributed by atoms with Crippen LogP contribution >= 0.6 is 11.6 Å². The molecule has 1 aliphatic heterocycles. The van der Waals surface area contributed by atoms with Gasteiger partial charge in [-0.1, -0.05) is 54.1 Å². The summed E-state index contributed by atoms with van der Waals surface area (Å²) in [6, 6.07) is 18.1. The fourth-order valence-electron chi connectivity index (χ4n) is 3.24. The zero-order valence-electron chi connectivity index (χ0n) is 14.5. The Morgan fingerprint density at radius 1 is 1.12 bits per heavy atom. The second-order valence-corrected chi connectivity index (χ2v) is 6.99. The molecule has 5 heteroatoms. The van der Waals surface area contributed by atoms with Gasteiger partial charge in [0.1, 0.15) is 18.5 Å². The first-order valence-corrected chi connectivity index (χ1v) is 9.04. The van der Waals surface area contributed by atoms with Gasteiger partial charge in [0.25, 0.3) is 0 Å². The molecule has 4 nitrogen and oxygen atoms in total. The van der Waals surface area contributed by atoms with E-state index in [-0.39, 0.29) is 12.6 Å². The third kappa shape index (κ3) is 4.95. The number of β-amino-alcohol motifs (C(OH)–C–C–N with tert-alkyl or cyclic N) is 1. The largest absolute Gasteiger partial charge is 0.489 e. The van der Waals surface area contributed by atoms with Crippen LogP contribution in [0.4, 0.5) is 0 Å². The average Bonchev–Trinajstić information content (AvgIpc) is 2.63. The number of benzene rings is 2. The standard InChI is InChI=1S/C20H25ClN2O2/c1-22-11-12-23(19(14-22)16-7-3-2-4-8-16)13-17(24)15-25-20-10-6-5-9-18(20)21/h2-10,17,19,24H,11-15H2,1H3. The van der Waals surface area contributed by atoms with Crippen molar-refractivity contribution in [3.05, 3.63) is 65.2 Å². The summed E-state index contributed by atoms with van der Waals surface area (Å²) in [4.78, 5) is 4.68. The minimum absolute atomic E-state index is 0.234. The highest BCUT2D eigenvalue weighted by atomic mass is 35.5. The third-order valence-corrected chi connectivity index (χ3v) is 4.90. The van der Waals surface area contributed by atoms with Crippen molar-refractivity contribution < 1.29 is 9.84 Å². The Bertz CT molecular complexity index is 668. The van der Waals surface area contributed by atoms with Crippen molar-refractivity contribution in [2.75, 3.05) is 39.8 Å².